The van der Waals surface area contributed by atoms with Gasteiger partial charge in [0, 0.05) is 11.1 Å². The van der Waals surface area contributed by atoms with Gasteiger partial charge in [0.05, 0.1) is 0 Å². The van der Waals surface area contributed by atoms with Crippen LogP contribution in [0, 0.1) is 23.7 Å². The molecule has 0 amide bonds. The molecule has 0 unspecified atom stereocenters. The fourth-order valence-electron chi connectivity index (χ4n) is 5.34. The minimum absolute atomic E-state index is 0.263. The third kappa shape index (κ3) is 5.36. The van der Waals surface area contributed by atoms with Crippen LogP contribution in [0.15, 0.2) is 24.3 Å². The molecule has 0 aromatic heterocycles. The van der Waals surface area contributed by atoms with E-state index < -0.39 is 0 Å². The predicted molar refractivity (Wildman–Crippen MR) is 121 cm³/mol. The Labute approximate surface area is 183 Å². The first-order valence-electron chi connectivity index (χ1n) is 11.7. The van der Waals surface area contributed by atoms with Crippen molar-refractivity contribution in [3.63, 3.8) is 0 Å². The molecule has 0 aromatic rings. The number of esters is 2. The summed E-state index contributed by atoms with van der Waals surface area (Å²) in [4.78, 5) is 24.4. The molecule has 0 aromatic carbocycles. The van der Waals surface area contributed by atoms with Gasteiger partial charge in [-0.3, -0.25) is 0 Å². The summed E-state index contributed by atoms with van der Waals surface area (Å²) < 4.78 is 11.9. The van der Waals surface area contributed by atoms with Gasteiger partial charge in [-0.15, -0.1) is 0 Å². The zero-order chi connectivity index (χ0) is 22.7. The molecule has 2 aliphatic carbocycles. The first-order chi connectivity index (χ1) is 13.9. The Kier molecular flexibility index (Phi) is 7.98. The fraction of sp³-hybridized carbons (Fsp3) is 0.769. The molecule has 0 bridgehead atoms. The van der Waals surface area contributed by atoms with Gasteiger partial charge in [0.25, 0.3) is 0 Å². The van der Waals surface area contributed by atoms with Gasteiger partial charge in [0.2, 0.25) is 0 Å². The summed E-state index contributed by atoms with van der Waals surface area (Å²) in [6, 6.07) is 0. The lowest BCUT2D eigenvalue weighted by molar-refractivity contribution is -0.171. The first kappa shape index (κ1) is 24.7. The van der Waals surface area contributed by atoms with E-state index in [1.165, 1.54) is 0 Å². The Bertz CT molecular complexity index is 599. The van der Waals surface area contributed by atoms with Crippen molar-refractivity contribution >= 4 is 11.9 Å². The van der Waals surface area contributed by atoms with E-state index in [9.17, 15) is 9.59 Å². The highest BCUT2D eigenvalue weighted by Gasteiger charge is 2.46. The van der Waals surface area contributed by atoms with Crippen molar-refractivity contribution in [2.45, 2.75) is 104 Å². The van der Waals surface area contributed by atoms with Crippen LogP contribution >= 0.6 is 0 Å². The second-order valence-corrected chi connectivity index (χ2v) is 10.5. The number of hydrogen-bond donors (Lipinski definition) is 0. The van der Waals surface area contributed by atoms with Crippen LogP contribution in [0.2, 0.25) is 0 Å². The van der Waals surface area contributed by atoms with E-state index in [2.05, 4.69) is 40.9 Å². The SMILES string of the molecule is C=C(C)C(=O)OC1(C(C)C)CCC(C2CCC(OC(=O)C(=C)C)(C(C)C)CC2)CC1. The number of ether oxygens (including phenoxy) is 2. The Morgan fingerprint density at radius 2 is 0.967 bits per heavy atom. The van der Waals surface area contributed by atoms with E-state index in [-0.39, 0.29) is 23.1 Å². The van der Waals surface area contributed by atoms with Crippen molar-refractivity contribution < 1.29 is 19.1 Å². The average Bonchev–Trinajstić information content (AvgIpc) is 2.68. The van der Waals surface area contributed by atoms with Gasteiger partial charge in [0.15, 0.2) is 0 Å². The van der Waals surface area contributed by atoms with Crippen LogP contribution in [-0.2, 0) is 19.1 Å². The van der Waals surface area contributed by atoms with Crippen molar-refractivity contribution in [3.8, 4) is 0 Å². The molecule has 2 fully saturated rings. The maximum atomic E-state index is 12.2. The van der Waals surface area contributed by atoms with Crippen molar-refractivity contribution in [1.82, 2.24) is 0 Å². The van der Waals surface area contributed by atoms with Crippen molar-refractivity contribution in [2.24, 2.45) is 23.7 Å². The Balaban J connectivity index is 1.99. The summed E-state index contributed by atoms with van der Waals surface area (Å²) in [6.45, 7) is 19.5. The van der Waals surface area contributed by atoms with Crippen LogP contribution in [0.3, 0.4) is 0 Å². The first-order valence-corrected chi connectivity index (χ1v) is 11.7. The average molecular weight is 419 g/mol. The van der Waals surface area contributed by atoms with Gasteiger partial charge in [0.1, 0.15) is 11.2 Å². The molecular formula is C26H42O4. The fourth-order valence-corrected chi connectivity index (χ4v) is 5.34. The molecule has 0 saturated heterocycles. The third-order valence-corrected chi connectivity index (χ3v) is 7.81. The third-order valence-electron chi connectivity index (χ3n) is 7.81. The molecular weight excluding hydrogens is 376 g/mol. The van der Waals surface area contributed by atoms with Gasteiger partial charge < -0.3 is 9.47 Å². The molecule has 4 nitrogen and oxygen atoms in total. The van der Waals surface area contributed by atoms with Gasteiger partial charge in [-0.1, -0.05) is 40.9 Å². The van der Waals surface area contributed by atoms with Crippen molar-refractivity contribution in [1.29, 1.82) is 0 Å². The van der Waals surface area contributed by atoms with Crippen molar-refractivity contribution in [2.75, 3.05) is 0 Å². The van der Waals surface area contributed by atoms with Crippen LogP contribution < -0.4 is 0 Å². The standard InChI is InChI=1S/C26H42O4/c1-17(2)23(27)29-25(19(5)6)13-9-21(10-14-25)22-11-15-26(16-12-22,20(7)8)30-24(28)18(3)4/h19-22H,1,3,9-16H2,2,4-8H3. The minimum Gasteiger partial charge on any atom is -0.455 e. The van der Waals surface area contributed by atoms with Gasteiger partial charge in [-0.2, -0.15) is 0 Å². The molecule has 0 N–H and O–H groups in total. The maximum absolute atomic E-state index is 12.2. The largest absolute Gasteiger partial charge is 0.455 e. The Morgan fingerprint density at radius 3 is 1.17 bits per heavy atom. The van der Waals surface area contributed by atoms with Crippen molar-refractivity contribution in [3.05, 3.63) is 24.3 Å². The number of rotatable bonds is 7. The molecule has 0 spiro atoms. The lowest BCUT2D eigenvalue weighted by atomic mass is 9.64. The summed E-state index contributed by atoms with van der Waals surface area (Å²) in [5, 5.41) is 0. The number of hydrogen-bond acceptors (Lipinski definition) is 4. The molecule has 4 heteroatoms. The van der Waals surface area contributed by atoms with Crippen LogP contribution in [0.1, 0.15) is 92.9 Å². The second-order valence-electron chi connectivity index (χ2n) is 10.5. The summed E-state index contributed by atoms with van der Waals surface area (Å²) in [6.07, 6.45) is 8.05. The predicted octanol–water partition coefficient (Wildman–Crippen LogP) is 6.40. The van der Waals surface area contributed by atoms with Crippen LogP contribution in [-0.4, -0.2) is 23.1 Å². The summed E-state index contributed by atoms with van der Waals surface area (Å²) >= 11 is 0. The van der Waals surface area contributed by atoms with Crippen LogP contribution in [0.5, 0.6) is 0 Å². The topological polar surface area (TPSA) is 52.6 Å². The monoisotopic (exact) mass is 418 g/mol. The minimum atomic E-state index is -0.361. The number of carbonyl (C=O) groups is 2. The maximum Gasteiger partial charge on any atom is 0.333 e. The van der Waals surface area contributed by atoms with Gasteiger partial charge >= 0.3 is 11.9 Å². The summed E-state index contributed by atoms with van der Waals surface area (Å²) in [5.74, 6) is 1.37. The molecule has 2 aliphatic rings. The normalized spacial score (nSPS) is 32.0. The highest BCUT2D eigenvalue weighted by Crippen LogP contribution is 2.49. The molecule has 30 heavy (non-hydrogen) atoms. The van der Waals surface area contributed by atoms with E-state index >= 15 is 0 Å². The van der Waals surface area contributed by atoms with Crippen LogP contribution in [0.25, 0.3) is 0 Å². The molecule has 0 heterocycles. The lowest BCUT2D eigenvalue weighted by Gasteiger charge is -2.48. The van der Waals surface area contributed by atoms with E-state index in [1.807, 2.05) is 0 Å². The van der Waals surface area contributed by atoms with Gasteiger partial charge in [-0.25, -0.2) is 9.59 Å². The van der Waals surface area contributed by atoms with Gasteiger partial charge in [-0.05, 0) is 88.9 Å². The van der Waals surface area contributed by atoms with E-state index in [0.717, 1.165) is 51.4 Å². The highest BCUT2D eigenvalue weighted by molar-refractivity contribution is 5.87. The molecule has 2 rings (SSSR count). The quantitative estimate of drug-likeness (QED) is 0.355. The highest BCUT2D eigenvalue weighted by atomic mass is 16.6. The number of carbonyl (C=O) groups excluding carboxylic acids is 2. The lowest BCUT2D eigenvalue weighted by Crippen LogP contribution is -2.47. The molecule has 170 valence electrons. The smallest absolute Gasteiger partial charge is 0.333 e. The Hall–Kier alpha value is -1.58. The molecule has 2 saturated carbocycles. The molecule has 0 radical (unpaired) electrons. The second kappa shape index (κ2) is 9.70. The van der Waals surface area contributed by atoms with E-state index in [4.69, 9.17) is 9.47 Å². The van der Waals surface area contributed by atoms with Crippen LogP contribution in [0.4, 0.5) is 0 Å². The summed E-state index contributed by atoms with van der Waals surface area (Å²) in [5.41, 5.74) is 0.220. The molecule has 0 atom stereocenters. The van der Waals surface area contributed by atoms with E-state index in [1.54, 1.807) is 13.8 Å². The van der Waals surface area contributed by atoms with E-state index in [0.29, 0.717) is 34.8 Å². The zero-order valence-electron chi connectivity index (χ0n) is 20.0. The molecule has 0 aliphatic heterocycles. The summed E-state index contributed by atoms with van der Waals surface area (Å²) in [7, 11) is 0. The zero-order valence-corrected chi connectivity index (χ0v) is 20.0. The Morgan fingerprint density at radius 1 is 0.700 bits per heavy atom.